The van der Waals surface area contributed by atoms with Crippen LogP contribution >= 0.6 is 11.6 Å². The van der Waals surface area contributed by atoms with E-state index in [4.69, 9.17) is 25.5 Å². The van der Waals surface area contributed by atoms with Crippen LogP contribution < -0.4 is 20.4 Å². The number of halogens is 1. The lowest BCUT2D eigenvalue weighted by atomic mass is 10.1. The van der Waals surface area contributed by atoms with Crippen LogP contribution in [0.4, 0.5) is 10.5 Å². The van der Waals surface area contributed by atoms with Crippen LogP contribution in [-0.4, -0.2) is 13.2 Å². The third-order valence-electron chi connectivity index (χ3n) is 3.53. The van der Waals surface area contributed by atoms with Gasteiger partial charge >= 0.3 is 11.7 Å². The predicted octanol–water partition coefficient (Wildman–Crippen LogP) is 4.37. The highest BCUT2D eigenvalue weighted by atomic mass is 35.5. The molecule has 1 N–H and O–H groups in total. The van der Waals surface area contributed by atoms with Gasteiger partial charge in [-0.1, -0.05) is 11.6 Å². The summed E-state index contributed by atoms with van der Waals surface area (Å²) >= 11 is 5.88. The molecule has 1 amide bonds. The minimum absolute atomic E-state index is 0.242. The molecule has 0 unspecified atom stereocenters. The molecule has 1 aromatic heterocycles. The highest BCUT2D eigenvalue weighted by Crippen LogP contribution is 2.28. The smallest absolute Gasteiger partial charge is 0.417 e. The van der Waals surface area contributed by atoms with Crippen molar-refractivity contribution in [1.29, 1.82) is 0 Å². The van der Waals surface area contributed by atoms with Crippen LogP contribution in [0.3, 0.4) is 0 Å². The third-order valence-corrected chi connectivity index (χ3v) is 3.77. The van der Waals surface area contributed by atoms with Crippen molar-refractivity contribution in [1.82, 2.24) is 0 Å². The molecule has 25 heavy (non-hydrogen) atoms. The summed E-state index contributed by atoms with van der Waals surface area (Å²) < 4.78 is 15.5. The summed E-state index contributed by atoms with van der Waals surface area (Å²) in [7, 11) is 1.47. The topological polar surface area (TPSA) is 77.8 Å². The van der Waals surface area contributed by atoms with Crippen molar-refractivity contribution in [3.8, 4) is 11.5 Å². The monoisotopic (exact) mass is 359 g/mol. The molecule has 7 heteroatoms. The Hall–Kier alpha value is -2.99. The Labute approximate surface area is 147 Å². The maximum atomic E-state index is 12.1. The number of methoxy groups -OCH3 is 1. The second-order valence-electron chi connectivity index (χ2n) is 5.27. The SMILES string of the molecule is COc1cc(Cl)ccc1NC(=O)Oc1ccc2c(C)cc(=O)oc2c1. The van der Waals surface area contributed by atoms with Gasteiger partial charge in [0.15, 0.2) is 0 Å². The average Bonchev–Trinajstić information content (AvgIpc) is 2.55. The molecule has 0 radical (unpaired) electrons. The van der Waals surface area contributed by atoms with E-state index in [9.17, 15) is 9.59 Å². The molecule has 0 aliphatic rings. The second-order valence-corrected chi connectivity index (χ2v) is 5.70. The quantitative estimate of drug-likeness (QED) is 0.702. The Kier molecular flexibility index (Phi) is 4.63. The molecule has 0 atom stereocenters. The van der Waals surface area contributed by atoms with Crippen LogP contribution in [0, 0.1) is 6.92 Å². The molecule has 0 spiro atoms. The van der Waals surface area contributed by atoms with Gasteiger partial charge in [-0.2, -0.15) is 0 Å². The van der Waals surface area contributed by atoms with E-state index in [1.807, 2.05) is 0 Å². The Bertz CT molecular complexity index is 1010. The Morgan fingerprint density at radius 2 is 1.96 bits per heavy atom. The van der Waals surface area contributed by atoms with Crippen molar-refractivity contribution < 1.29 is 18.7 Å². The lowest BCUT2D eigenvalue weighted by Gasteiger charge is -2.11. The highest BCUT2D eigenvalue weighted by Gasteiger charge is 2.11. The first-order valence-corrected chi connectivity index (χ1v) is 7.71. The molecule has 0 bridgehead atoms. The van der Waals surface area contributed by atoms with E-state index in [2.05, 4.69) is 5.32 Å². The standard InChI is InChI=1S/C18H14ClNO5/c1-10-7-17(21)25-15-9-12(4-5-13(10)15)24-18(22)20-14-6-3-11(19)8-16(14)23-2/h3-9H,1-2H3,(H,20,22). The molecule has 0 aliphatic carbocycles. The zero-order valence-electron chi connectivity index (χ0n) is 13.5. The maximum Gasteiger partial charge on any atom is 0.417 e. The van der Waals surface area contributed by atoms with Crippen molar-refractivity contribution in [2.24, 2.45) is 0 Å². The van der Waals surface area contributed by atoms with Gasteiger partial charge in [-0.05, 0) is 36.8 Å². The van der Waals surface area contributed by atoms with Crippen LogP contribution in [0.2, 0.25) is 5.02 Å². The van der Waals surface area contributed by atoms with E-state index in [-0.39, 0.29) is 5.75 Å². The highest BCUT2D eigenvalue weighted by molar-refractivity contribution is 6.30. The Morgan fingerprint density at radius 3 is 2.72 bits per heavy atom. The van der Waals surface area contributed by atoms with Gasteiger partial charge in [0.1, 0.15) is 17.1 Å². The molecule has 1 heterocycles. The molecule has 2 aromatic carbocycles. The summed E-state index contributed by atoms with van der Waals surface area (Å²) in [5.74, 6) is 0.649. The molecule has 0 aliphatic heterocycles. The summed E-state index contributed by atoms with van der Waals surface area (Å²) in [6.07, 6.45) is -0.713. The summed E-state index contributed by atoms with van der Waals surface area (Å²) in [5, 5.41) is 3.82. The van der Waals surface area contributed by atoms with Crippen molar-refractivity contribution in [2.45, 2.75) is 6.92 Å². The van der Waals surface area contributed by atoms with Gasteiger partial charge in [0.05, 0.1) is 12.8 Å². The number of amides is 1. The van der Waals surface area contributed by atoms with Crippen LogP contribution in [0.1, 0.15) is 5.56 Å². The predicted molar refractivity (Wildman–Crippen MR) is 94.9 cm³/mol. The lowest BCUT2D eigenvalue weighted by Crippen LogP contribution is -2.17. The Morgan fingerprint density at radius 1 is 1.16 bits per heavy atom. The van der Waals surface area contributed by atoms with Crippen LogP contribution in [0.5, 0.6) is 11.5 Å². The number of carbonyl (C=O) groups is 1. The van der Waals surface area contributed by atoms with Gasteiger partial charge in [0.2, 0.25) is 0 Å². The van der Waals surface area contributed by atoms with Gasteiger partial charge in [-0.15, -0.1) is 0 Å². The molecular formula is C18H14ClNO5. The summed E-state index contributed by atoms with van der Waals surface area (Å²) in [6.45, 7) is 1.80. The zero-order chi connectivity index (χ0) is 18.0. The second kappa shape index (κ2) is 6.86. The first-order valence-electron chi connectivity index (χ1n) is 7.33. The number of carbonyl (C=O) groups excluding carboxylic acids is 1. The van der Waals surface area contributed by atoms with E-state index in [1.165, 1.54) is 19.2 Å². The van der Waals surface area contributed by atoms with Gasteiger partial charge < -0.3 is 13.9 Å². The lowest BCUT2D eigenvalue weighted by molar-refractivity contribution is 0.215. The number of hydrogen-bond acceptors (Lipinski definition) is 5. The summed E-state index contributed by atoms with van der Waals surface area (Å²) in [4.78, 5) is 23.6. The van der Waals surface area contributed by atoms with Crippen LogP contribution in [0.15, 0.2) is 51.7 Å². The van der Waals surface area contributed by atoms with E-state index in [0.717, 1.165) is 10.9 Å². The molecular weight excluding hydrogens is 346 g/mol. The number of nitrogens with one attached hydrogen (secondary N) is 1. The van der Waals surface area contributed by atoms with Crippen molar-refractivity contribution in [3.63, 3.8) is 0 Å². The van der Waals surface area contributed by atoms with Crippen molar-refractivity contribution in [2.75, 3.05) is 12.4 Å². The molecule has 0 saturated heterocycles. The average molecular weight is 360 g/mol. The van der Waals surface area contributed by atoms with Crippen LogP contribution in [0.25, 0.3) is 11.0 Å². The van der Waals surface area contributed by atoms with E-state index in [0.29, 0.717) is 22.0 Å². The van der Waals surface area contributed by atoms with Gasteiger partial charge in [-0.3, -0.25) is 5.32 Å². The fourth-order valence-corrected chi connectivity index (χ4v) is 2.54. The van der Waals surface area contributed by atoms with Gasteiger partial charge in [0, 0.05) is 28.6 Å². The largest absolute Gasteiger partial charge is 0.495 e. The van der Waals surface area contributed by atoms with Gasteiger partial charge in [0.25, 0.3) is 0 Å². The summed E-state index contributed by atoms with van der Waals surface area (Å²) in [6, 6.07) is 11.0. The number of aryl methyl sites for hydroxylation is 1. The molecule has 6 nitrogen and oxygen atoms in total. The minimum atomic E-state index is -0.713. The fourth-order valence-electron chi connectivity index (χ4n) is 2.38. The number of benzene rings is 2. The Balaban J connectivity index is 1.81. The molecule has 0 fully saturated rings. The van der Waals surface area contributed by atoms with Crippen molar-refractivity contribution in [3.05, 3.63) is 63.5 Å². The normalized spacial score (nSPS) is 10.5. The number of ether oxygens (including phenoxy) is 2. The molecule has 128 valence electrons. The van der Waals surface area contributed by atoms with Gasteiger partial charge in [-0.25, -0.2) is 9.59 Å². The molecule has 3 aromatic rings. The van der Waals surface area contributed by atoms with Crippen molar-refractivity contribution >= 4 is 34.4 Å². The zero-order valence-corrected chi connectivity index (χ0v) is 14.2. The summed E-state index contributed by atoms with van der Waals surface area (Å²) in [5.41, 5.74) is 1.09. The van der Waals surface area contributed by atoms with Crippen LogP contribution in [-0.2, 0) is 0 Å². The number of anilines is 1. The number of rotatable bonds is 3. The first-order chi connectivity index (χ1) is 12.0. The van der Waals surface area contributed by atoms with E-state index >= 15 is 0 Å². The fraction of sp³-hybridized carbons (Fsp3) is 0.111. The number of hydrogen-bond donors (Lipinski definition) is 1. The first kappa shape index (κ1) is 16.9. The number of fused-ring (bicyclic) bond motifs is 1. The molecule has 3 rings (SSSR count). The van der Waals surface area contributed by atoms with E-state index < -0.39 is 11.7 Å². The third kappa shape index (κ3) is 3.75. The minimum Gasteiger partial charge on any atom is -0.495 e. The maximum absolute atomic E-state index is 12.1. The molecule has 0 saturated carbocycles. The van der Waals surface area contributed by atoms with E-state index in [1.54, 1.807) is 37.3 Å².